The van der Waals surface area contributed by atoms with E-state index in [0.29, 0.717) is 6.54 Å². The van der Waals surface area contributed by atoms with E-state index in [1.807, 2.05) is 0 Å². The van der Waals surface area contributed by atoms with Crippen LogP contribution in [0.5, 0.6) is 0 Å². The molecule has 0 bridgehead atoms. The summed E-state index contributed by atoms with van der Waals surface area (Å²) in [5, 5.41) is 0. The molecule has 82 valence electrons. The molecule has 0 amide bonds. The minimum atomic E-state index is 0.167. The van der Waals surface area contributed by atoms with Gasteiger partial charge in [0.15, 0.2) is 0 Å². The summed E-state index contributed by atoms with van der Waals surface area (Å²) in [7, 11) is 1.76. The normalized spacial score (nSPS) is 16.4. The molecule has 15 heavy (non-hydrogen) atoms. The van der Waals surface area contributed by atoms with Gasteiger partial charge >= 0.3 is 0 Å². The first-order valence-electron chi connectivity index (χ1n) is 5.69. The molecule has 0 saturated heterocycles. The van der Waals surface area contributed by atoms with Crippen molar-refractivity contribution in [2.24, 2.45) is 5.73 Å². The van der Waals surface area contributed by atoms with Crippen molar-refractivity contribution in [1.82, 2.24) is 0 Å². The Bertz CT molecular complexity index is 335. The van der Waals surface area contributed by atoms with E-state index in [1.165, 1.54) is 36.0 Å². The van der Waals surface area contributed by atoms with Gasteiger partial charge in [0.25, 0.3) is 0 Å². The van der Waals surface area contributed by atoms with Crippen LogP contribution in [0.25, 0.3) is 0 Å². The van der Waals surface area contributed by atoms with Crippen molar-refractivity contribution in [3.63, 3.8) is 0 Å². The smallest absolute Gasteiger partial charge is 0.0833 e. The second-order valence-corrected chi connectivity index (χ2v) is 4.18. The monoisotopic (exact) mass is 205 g/mol. The number of hydrogen-bond acceptors (Lipinski definition) is 2. The van der Waals surface area contributed by atoms with Crippen molar-refractivity contribution in [3.05, 3.63) is 34.9 Å². The molecule has 0 radical (unpaired) electrons. The van der Waals surface area contributed by atoms with Crippen LogP contribution in [-0.4, -0.2) is 13.7 Å². The molecule has 1 atom stereocenters. The van der Waals surface area contributed by atoms with E-state index in [2.05, 4.69) is 18.2 Å². The summed E-state index contributed by atoms with van der Waals surface area (Å²) in [6.45, 7) is 0.676. The van der Waals surface area contributed by atoms with Crippen molar-refractivity contribution in [2.75, 3.05) is 13.7 Å². The standard InChI is InChI=1S/C13H19NO/c1-15-13(7-8-14)12-6-5-10-3-2-4-11(10)9-12/h5-6,9,13H,2-4,7-8,14H2,1H3. The number of aryl methyl sites for hydroxylation is 2. The van der Waals surface area contributed by atoms with Gasteiger partial charge in [-0.05, 0) is 48.9 Å². The van der Waals surface area contributed by atoms with Crippen molar-refractivity contribution in [3.8, 4) is 0 Å². The van der Waals surface area contributed by atoms with E-state index in [0.717, 1.165) is 6.42 Å². The van der Waals surface area contributed by atoms with E-state index in [-0.39, 0.29) is 6.10 Å². The Hall–Kier alpha value is -0.860. The topological polar surface area (TPSA) is 35.2 Å². The first kappa shape index (κ1) is 10.7. The summed E-state index contributed by atoms with van der Waals surface area (Å²) >= 11 is 0. The summed E-state index contributed by atoms with van der Waals surface area (Å²) in [6, 6.07) is 6.74. The first-order valence-corrected chi connectivity index (χ1v) is 5.69. The quantitative estimate of drug-likeness (QED) is 0.818. The molecule has 2 N–H and O–H groups in total. The number of hydrogen-bond donors (Lipinski definition) is 1. The maximum Gasteiger partial charge on any atom is 0.0833 e. The molecule has 0 heterocycles. The molecule has 0 aromatic heterocycles. The molecule has 1 aromatic carbocycles. The van der Waals surface area contributed by atoms with Crippen LogP contribution in [0.15, 0.2) is 18.2 Å². The van der Waals surface area contributed by atoms with Crippen molar-refractivity contribution in [2.45, 2.75) is 31.8 Å². The average Bonchev–Trinajstić information content (AvgIpc) is 2.72. The zero-order valence-electron chi connectivity index (χ0n) is 9.33. The highest BCUT2D eigenvalue weighted by molar-refractivity contribution is 5.36. The Kier molecular flexibility index (Phi) is 3.39. The lowest BCUT2D eigenvalue weighted by Gasteiger charge is -2.15. The number of benzene rings is 1. The van der Waals surface area contributed by atoms with E-state index >= 15 is 0 Å². The minimum Gasteiger partial charge on any atom is -0.377 e. The van der Waals surface area contributed by atoms with Gasteiger partial charge in [-0.2, -0.15) is 0 Å². The predicted molar refractivity (Wildman–Crippen MR) is 61.9 cm³/mol. The van der Waals surface area contributed by atoms with E-state index in [9.17, 15) is 0 Å². The van der Waals surface area contributed by atoms with Crippen molar-refractivity contribution in [1.29, 1.82) is 0 Å². The molecule has 0 fully saturated rings. The van der Waals surface area contributed by atoms with Crippen LogP contribution in [0.4, 0.5) is 0 Å². The Morgan fingerprint density at radius 1 is 1.33 bits per heavy atom. The summed E-state index contributed by atoms with van der Waals surface area (Å²) in [5.74, 6) is 0. The largest absolute Gasteiger partial charge is 0.377 e. The summed E-state index contributed by atoms with van der Waals surface area (Å²) in [6.07, 6.45) is 4.83. The molecule has 1 aliphatic carbocycles. The second-order valence-electron chi connectivity index (χ2n) is 4.18. The van der Waals surface area contributed by atoms with Crippen LogP contribution in [0.2, 0.25) is 0 Å². The third-order valence-electron chi connectivity index (χ3n) is 3.21. The van der Waals surface area contributed by atoms with Gasteiger partial charge in [0, 0.05) is 7.11 Å². The van der Waals surface area contributed by atoms with E-state index in [4.69, 9.17) is 10.5 Å². The van der Waals surface area contributed by atoms with Crippen LogP contribution in [-0.2, 0) is 17.6 Å². The molecular weight excluding hydrogens is 186 g/mol. The fourth-order valence-electron chi connectivity index (χ4n) is 2.36. The van der Waals surface area contributed by atoms with Crippen molar-refractivity contribution < 1.29 is 4.74 Å². The van der Waals surface area contributed by atoms with Crippen LogP contribution in [0, 0.1) is 0 Å². The fraction of sp³-hybridized carbons (Fsp3) is 0.538. The lowest BCUT2D eigenvalue weighted by atomic mass is 10.0. The van der Waals surface area contributed by atoms with Crippen LogP contribution < -0.4 is 5.73 Å². The Balaban J connectivity index is 2.20. The zero-order chi connectivity index (χ0) is 10.7. The van der Waals surface area contributed by atoms with Gasteiger partial charge in [-0.15, -0.1) is 0 Å². The molecule has 1 unspecified atom stereocenters. The van der Waals surface area contributed by atoms with E-state index < -0.39 is 0 Å². The van der Waals surface area contributed by atoms with E-state index in [1.54, 1.807) is 7.11 Å². The summed E-state index contributed by atoms with van der Waals surface area (Å²) in [5.41, 5.74) is 9.88. The Morgan fingerprint density at radius 2 is 2.13 bits per heavy atom. The molecule has 0 saturated carbocycles. The second kappa shape index (κ2) is 4.77. The summed E-state index contributed by atoms with van der Waals surface area (Å²) in [4.78, 5) is 0. The highest BCUT2D eigenvalue weighted by Gasteiger charge is 2.15. The van der Waals surface area contributed by atoms with Gasteiger partial charge in [0.05, 0.1) is 6.10 Å². The lowest BCUT2D eigenvalue weighted by molar-refractivity contribution is 0.0977. The highest BCUT2D eigenvalue weighted by atomic mass is 16.5. The van der Waals surface area contributed by atoms with Gasteiger partial charge in [-0.1, -0.05) is 18.2 Å². The van der Waals surface area contributed by atoms with Gasteiger partial charge in [0.2, 0.25) is 0 Å². The molecule has 2 nitrogen and oxygen atoms in total. The molecule has 1 aliphatic rings. The molecule has 0 spiro atoms. The number of fused-ring (bicyclic) bond motifs is 1. The van der Waals surface area contributed by atoms with Crippen LogP contribution >= 0.6 is 0 Å². The SMILES string of the molecule is COC(CCN)c1ccc2c(c1)CCC2. The number of nitrogens with two attached hydrogens (primary N) is 1. The first-order chi connectivity index (χ1) is 7.35. The predicted octanol–water partition coefficient (Wildman–Crippen LogP) is 2.21. The van der Waals surface area contributed by atoms with Gasteiger partial charge < -0.3 is 10.5 Å². The van der Waals surface area contributed by atoms with Gasteiger partial charge in [-0.3, -0.25) is 0 Å². The van der Waals surface area contributed by atoms with Crippen LogP contribution in [0.1, 0.15) is 35.6 Å². The van der Waals surface area contributed by atoms with Crippen molar-refractivity contribution >= 4 is 0 Å². The molecule has 1 aromatic rings. The van der Waals surface area contributed by atoms with Gasteiger partial charge in [0.1, 0.15) is 0 Å². The lowest BCUT2D eigenvalue weighted by Crippen LogP contribution is -2.09. The molecule has 2 rings (SSSR count). The number of ether oxygens (including phenoxy) is 1. The zero-order valence-corrected chi connectivity index (χ0v) is 9.33. The summed E-state index contributed by atoms with van der Waals surface area (Å²) < 4.78 is 5.46. The minimum absolute atomic E-state index is 0.167. The maximum absolute atomic E-state index is 5.58. The van der Waals surface area contributed by atoms with Crippen LogP contribution in [0.3, 0.4) is 0 Å². The highest BCUT2D eigenvalue weighted by Crippen LogP contribution is 2.27. The molecular formula is C13H19NO. The fourth-order valence-corrected chi connectivity index (χ4v) is 2.36. The Morgan fingerprint density at radius 3 is 2.87 bits per heavy atom. The molecule has 0 aliphatic heterocycles. The number of methoxy groups -OCH3 is 1. The maximum atomic E-state index is 5.58. The third-order valence-corrected chi connectivity index (χ3v) is 3.21. The third kappa shape index (κ3) is 2.21. The van der Waals surface area contributed by atoms with Gasteiger partial charge in [-0.25, -0.2) is 0 Å². The number of rotatable bonds is 4. The molecule has 2 heteroatoms. The Labute approximate surface area is 91.4 Å². The average molecular weight is 205 g/mol.